The van der Waals surface area contributed by atoms with Crippen LogP contribution in [0.5, 0.6) is 5.75 Å². The molecule has 0 aliphatic carbocycles. The van der Waals surface area contributed by atoms with Gasteiger partial charge in [-0.3, -0.25) is 14.6 Å². The molecule has 0 spiro atoms. The lowest BCUT2D eigenvalue weighted by Gasteiger charge is -2.39. The van der Waals surface area contributed by atoms with Crippen molar-refractivity contribution >= 4 is 5.97 Å². The fourth-order valence-corrected chi connectivity index (χ4v) is 2.63. The van der Waals surface area contributed by atoms with Crippen LogP contribution in [0.4, 0.5) is 0 Å². The highest BCUT2D eigenvalue weighted by atomic mass is 16.4. The smallest absolute Gasteiger partial charge is 0.320 e. The fraction of sp³-hybridized carbons (Fsp3) is 0.533. The van der Waals surface area contributed by atoms with Gasteiger partial charge in [0.25, 0.3) is 0 Å². The van der Waals surface area contributed by atoms with E-state index in [1.807, 2.05) is 17.0 Å². The molecule has 2 atom stereocenters. The topological polar surface area (TPSA) is 64.0 Å². The van der Waals surface area contributed by atoms with Crippen LogP contribution < -0.4 is 0 Å². The number of benzene rings is 1. The largest absolute Gasteiger partial charge is 0.508 e. The minimum absolute atomic E-state index is 0.276. The third kappa shape index (κ3) is 3.29. The number of phenolic OH excluding ortho intramolecular Hbond substituents is 1. The number of carboxylic acid groups (broad SMARTS) is 1. The summed E-state index contributed by atoms with van der Waals surface area (Å²) in [5.74, 6) is -0.480. The van der Waals surface area contributed by atoms with Gasteiger partial charge in [0.2, 0.25) is 0 Å². The van der Waals surface area contributed by atoms with E-state index in [2.05, 4.69) is 11.8 Å². The SMILES string of the molecule is CC(C(=O)O)N1CCN(C(C)c2ccc(O)cc2)CC1. The lowest BCUT2D eigenvalue weighted by atomic mass is 10.1. The molecule has 1 aromatic rings. The number of hydrogen-bond acceptors (Lipinski definition) is 4. The maximum absolute atomic E-state index is 11.0. The molecule has 1 aliphatic rings. The number of rotatable bonds is 4. The van der Waals surface area contributed by atoms with E-state index in [9.17, 15) is 9.90 Å². The van der Waals surface area contributed by atoms with Gasteiger partial charge in [0.15, 0.2) is 0 Å². The Balaban J connectivity index is 1.93. The van der Waals surface area contributed by atoms with Gasteiger partial charge < -0.3 is 10.2 Å². The van der Waals surface area contributed by atoms with E-state index in [0.29, 0.717) is 0 Å². The third-order valence-electron chi connectivity index (χ3n) is 4.18. The molecule has 2 rings (SSSR count). The number of nitrogens with zero attached hydrogens (tertiary/aromatic N) is 2. The quantitative estimate of drug-likeness (QED) is 0.875. The molecule has 20 heavy (non-hydrogen) atoms. The minimum Gasteiger partial charge on any atom is -0.508 e. The van der Waals surface area contributed by atoms with Crippen molar-refractivity contribution in [2.75, 3.05) is 26.2 Å². The molecule has 1 heterocycles. The zero-order chi connectivity index (χ0) is 14.7. The molecule has 0 bridgehead atoms. The number of carbonyl (C=O) groups is 1. The van der Waals surface area contributed by atoms with Crippen molar-refractivity contribution in [3.63, 3.8) is 0 Å². The van der Waals surface area contributed by atoms with Crippen LogP contribution in [-0.2, 0) is 4.79 Å². The van der Waals surface area contributed by atoms with Crippen LogP contribution >= 0.6 is 0 Å². The van der Waals surface area contributed by atoms with E-state index >= 15 is 0 Å². The molecule has 2 N–H and O–H groups in total. The third-order valence-corrected chi connectivity index (χ3v) is 4.18. The Morgan fingerprint density at radius 2 is 1.55 bits per heavy atom. The van der Waals surface area contributed by atoms with Gasteiger partial charge in [-0.2, -0.15) is 0 Å². The summed E-state index contributed by atoms with van der Waals surface area (Å²) in [5, 5.41) is 18.4. The van der Waals surface area contributed by atoms with E-state index in [0.717, 1.165) is 26.2 Å². The highest BCUT2D eigenvalue weighted by Crippen LogP contribution is 2.23. The van der Waals surface area contributed by atoms with Gasteiger partial charge in [-0.15, -0.1) is 0 Å². The summed E-state index contributed by atoms with van der Waals surface area (Å²) in [6.07, 6.45) is 0. The second-order valence-corrected chi connectivity index (χ2v) is 5.35. The van der Waals surface area contributed by atoms with Crippen molar-refractivity contribution in [1.29, 1.82) is 0 Å². The summed E-state index contributed by atoms with van der Waals surface area (Å²) < 4.78 is 0. The molecule has 0 amide bonds. The van der Waals surface area contributed by atoms with Gasteiger partial charge in [-0.25, -0.2) is 0 Å². The van der Waals surface area contributed by atoms with E-state index < -0.39 is 12.0 Å². The zero-order valence-corrected chi connectivity index (χ0v) is 12.0. The van der Waals surface area contributed by atoms with Crippen LogP contribution in [0.15, 0.2) is 24.3 Å². The predicted octanol–water partition coefficient (Wildman–Crippen LogP) is 1.54. The number of aromatic hydroxyl groups is 1. The fourth-order valence-electron chi connectivity index (χ4n) is 2.63. The monoisotopic (exact) mass is 278 g/mol. The molecular weight excluding hydrogens is 256 g/mol. The molecule has 110 valence electrons. The standard InChI is InChI=1S/C15H22N2O3/c1-11(13-3-5-14(18)6-4-13)16-7-9-17(10-8-16)12(2)15(19)20/h3-6,11-12,18H,7-10H2,1-2H3,(H,19,20). The predicted molar refractivity (Wildman–Crippen MR) is 76.8 cm³/mol. The Bertz CT molecular complexity index is 453. The van der Waals surface area contributed by atoms with Crippen LogP contribution in [0.2, 0.25) is 0 Å². The second-order valence-electron chi connectivity index (χ2n) is 5.35. The molecule has 5 heteroatoms. The molecule has 0 radical (unpaired) electrons. The first kappa shape index (κ1) is 14.8. The summed E-state index contributed by atoms with van der Waals surface area (Å²) in [5.41, 5.74) is 1.17. The van der Waals surface area contributed by atoms with Crippen molar-refractivity contribution < 1.29 is 15.0 Å². The first-order chi connectivity index (χ1) is 9.49. The maximum Gasteiger partial charge on any atom is 0.320 e. The Morgan fingerprint density at radius 1 is 1.05 bits per heavy atom. The molecule has 1 fully saturated rings. The van der Waals surface area contributed by atoms with Gasteiger partial charge in [0, 0.05) is 32.2 Å². The van der Waals surface area contributed by atoms with Crippen LogP contribution in [0.3, 0.4) is 0 Å². The number of hydrogen-bond donors (Lipinski definition) is 2. The second kappa shape index (κ2) is 6.24. The van der Waals surface area contributed by atoms with Gasteiger partial charge in [-0.1, -0.05) is 12.1 Å². The van der Waals surface area contributed by atoms with Crippen molar-refractivity contribution in [3.05, 3.63) is 29.8 Å². The maximum atomic E-state index is 11.0. The first-order valence-electron chi connectivity index (χ1n) is 6.99. The average molecular weight is 278 g/mol. The van der Waals surface area contributed by atoms with E-state index in [1.54, 1.807) is 19.1 Å². The Labute approximate surface area is 119 Å². The Kier molecular flexibility index (Phi) is 4.62. The number of phenols is 1. The van der Waals surface area contributed by atoms with Gasteiger partial charge in [0.05, 0.1) is 0 Å². The van der Waals surface area contributed by atoms with E-state index in [1.165, 1.54) is 5.56 Å². The van der Waals surface area contributed by atoms with Crippen LogP contribution in [0.25, 0.3) is 0 Å². The molecule has 0 saturated carbocycles. The van der Waals surface area contributed by atoms with Crippen molar-refractivity contribution in [2.45, 2.75) is 25.9 Å². The summed E-state index contributed by atoms with van der Waals surface area (Å²) in [6, 6.07) is 7.14. The summed E-state index contributed by atoms with van der Waals surface area (Å²) in [4.78, 5) is 15.3. The lowest BCUT2D eigenvalue weighted by Crippen LogP contribution is -2.52. The number of piperazine rings is 1. The molecular formula is C15H22N2O3. The minimum atomic E-state index is -0.759. The molecule has 2 unspecified atom stereocenters. The molecule has 5 nitrogen and oxygen atoms in total. The Morgan fingerprint density at radius 3 is 2.05 bits per heavy atom. The molecule has 0 aromatic heterocycles. The van der Waals surface area contributed by atoms with Crippen molar-refractivity contribution in [2.24, 2.45) is 0 Å². The van der Waals surface area contributed by atoms with E-state index in [-0.39, 0.29) is 11.8 Å². The average Bonchev–Trinajstić information content (AvgIpc) is 2.46. The van der Waals surface area contributed by atoms with Crippen molar-refractivity contribution in [3.8, 4) is 5.75 Å². The number of carboxylic acids is 1. The van der Waals surface area contributed by atoms with Gasteiger partial charge >= 0.3 is 5.97 Å². The van der Waals surface area contributed by atoms with Crippen LogP contribution in [0.1, 0.15) is 25.5 Å². The number of aliphatic carboxylic acids is 1. The lowest BCUT2D eigenvalue weighted by molar-refractivity contribution is -0.143. The normalized spacial score (nSPS) is 20.5. The van der Waals surface area contributed by atoms with Crippen LogP contribution in [-0.4, -0.2) is 58.2 Å². The van der Waals surface area contributed by atoms with Gasteiger partial charge in [-0.05, 0) is 31.5 Å². The summed E-state index contributed by atoms with van der Waals surface area (Å²) in [7, 11) is 0. The zero-order valence-electron chi connectivity index (χ0n) is 12.0. The first-order valence-corrected chi connectivity index (χ1v) is 6.99. The molecule has 1 saturated heterocycles. The summed E-state index contributed by atoms with van der Waals surface area (Å²) in [6.45, 7) is 7.15. The van der Waals surface area contributed by atoms with Gasteiger partial charge in [0.1, 0.15) is 11.8 Å². The highest BCUT2D eigenvalue weighted by molar-refractivity contribution is 5.72. The summed E-state index contributed by atoms with van der Waals surface area (Å²) >= 11 is 0. The van der Waals surface area contributed by atoms with Crippen LogP contribution in [0, 0.1) is 0 Å². The highest BCUT2D eigenvalue weighted by Gasteiger charge is 2.27. The Hall–Kier alpha value is -1.59. The van der Waals surface area contributed by atoms with Crippen molar-refractivity contribution in [1.82, 2.24) is 9.80 Å². The molecule has 1 aromatic carbocycles. The van der Waals surface area contributed by atoms with E-state index in [4.69, 9.17) is 5.11 Å². The molecule has 1 aliphatic heterocycles.